The lowest BCUT2D eigenvalue weighted by Gasteiger charge is -2.38. The summed E-state index contributed by atoms with van der Waals surface area (Å²) in [5, 5.41) is 6.03. The third kappa shape index (κ3) is 4.77. The molecule has 0 aliphatic carbocycles. The normalized spacial score (nSPS) is 26.5. The summed E-state index contributed by atoms with van der Waals surface area (Å²) in [6.07, 6.45) is 3.72. The Morgan fingerprint density at radius 1 is 1.10 bits per heavy atom. The molecule has 2 aromatic carbocycles. The first-order valence-electron chi connectivity index (χ1n) is 10.7. The van der Waals surface area contributed by atoms with Crippen molar-refractivity contribution in [3.63, 3.8) is 0 Å². The van der Waals surface area contributed by atoms with E-state index in [-0.39, 0.29) is 42.1 Å². The predicted octanol–water partition coefficient (Wildman–Crippen LogP) is 4.17. The Morgan fingerprint density at radius 2 is 1.74 bits per heavy atom. The highest BCUT2D eigenvalue weighted by molar-refractivity contribution is 5.92. The Morgan fingerprint density at radius 3 is 2.42 bits per heavy atom. The number of anilines is 1. The van der Waals surface area contributed by atoms with E-state index in [1.54, 1.807) is 12.1 Å². The molecule has 4 rings (SSSR count). The summed E-state index contributed by atoms with van der Waals surface area (Å²) in [7, 11) is 0. The van der Waals surface area contributed by atoms with Crippen LogP contribution in [0.3, 0.4) is 0 Å². The minimum Gasteiger partial charge on any atom is -0.349 e. The molecule has 164 valence electrons. The highest BCUT2D eigenvalue weighted by atomic mass is 19.1. The van der Waals surface area contributed by atoms with Crippen LogP contribution in [-0.4, -0.2) is 34.8 Å². The van der Waals surface area contributed by atoms with Gasteiger partial charge in [0.2, 0.25) is 11.8 Å². The third-order valence-corrected chi connectivity index (χ3v) is 6.42. The van der Waals surface area contributed by atoms with Crippen molar-refractivity contribution in [3.8, 4) is 0 Å². The summed E-state index contributed by atoms with van der Waals surface area (Å²) in [4.78, 5) is 27.4. The van der Waals surface area contributed by atoms with Crippen LogP contribution >= 0.6 is 0 Å². The summed E-state index contributed by atoms with van der Waals surface area (Å²) < 4.78 is 26.7. The smallest absolute Gasteiger partial charge is 0.238 e. The standard InChI is InChI=1S/C24H27F2N3O2/c1-24-14-20(16-6-8-17(25)9-7-16)29(21(24)4-2-3-5-22(30)28-24)15-23(31)27-19-12-10-18(26)11-13-19/h6-13,20-21H,2-5,14-15H2,1H3,(H,27,31)(H,28,30)/t20-,21-,24-/m0/s1. The van der Waals surface area contributed by atoms with Gasteiger partial charge in [-0.25, -0.2) is 8.78 Å². The summed E-state index contributed by atoms with van der Waals surface area (Å²) in [5.41, 5.74) is 0.961. The number of hydrogen-bond acceptors (Lipinski definition) is 3. The number of nitrogens with zero attached hydrogens (tertiary/aromatic N) is 1. The molecule has 31 heavy (non-hydrogen) atoms. The van der Waals surface area contributed by atoms with Crippen molar-refractivity contribution in [3.05, 3.63) is 65.7 Å². The van der Waals surface area contributed by atoms with E-state index in [4.69, 9.17) is 0 Å². The minimum absolute atomic E-state index is 0.0224. The molecule has 2 aliphatic heterocycles. The van der Waals surface area contributed by atoms with Crippen LogP contribution in [0, 0.1) is 11.6 Å². The molecule has 2 N–H and O–H groups in total. The number of carbonyl (C=O) groups excluding carboxylic acids is 2. The second kappa shape index (κ2) is 8.75. The van der Waals surface area contributed by atoms with Crippen LogP contribution in [0.5, 0.6) is 0 Å². The highest BCUT2D eigenvalue weighted by Gasteiger charge is 2.50. The molecule has 7 heteroatoms. The fraction of sp³-hybridized carbons (Fsp3) is 0.417. The van der Waals surface area contributed by atoms with E-state index >= 15 is 0 Å². The van der Waals surface area contributed by atoms with E-state index in [9.17, 15) is 18.4 Å². The first kappa shape index (κ1) is 21.4. The molecule has 0 radical (unpaired) electrons. The van der Waals surface area contributed by atoms with E-state index in [0.717, 1.165) is 24.8 Å². The zero-order valence-corrected chi connectivity index (χ0v) is 17.5. The Hall–Kier alpha value is -2.80. The molecule has 2 heterocycles. The quantitative estimate of drug-likeness (QED) is 0.770. The van der Waals surface area contributed by atoms with Crippen molar-refractivity contribution < 1.29 is 18.4 Å². The van der Waals surface area contributed by atoms with Crippen LogP contribution in [0.2, 0.25) is 0 Å². The molecule has 2 fully saturated rings. The van der Waals surface area contributed by atoms with Crippen LogP contribution in [-0.2, 0) is 9.59 Å². The van der Waals surface area contributed by atoms with Gasteiger partial charge >= 0.3 is 0 Å². The van der Waals surface area contributed by atoms with Crippen molar-refractivity contribution in [1.82, 2.24) is 10.2 Å². The lowest BCUT2D eigenvalue weighted by Crippen LogP contribution is -2.56. The van der Waals surface area contributed by atoms with Crippen molar-refractivity contribution >= 4 is 17.5 Å². The average Bonchev–Trinajstić information content (AvgIpc) is 2.97. The van der Waals surface area contributed by atoms with E-state index in [1.165, 1.54) is 36.4 Å². The van der Waals surface area contributed by atoms with Crippen LogP contribution in [0.1, 0.15) is 50.6 Å². The summed E-state index contributed by atoms with van der Waals surface area (Å²) in [5.74, 6) is -0.859. The van der Waals surface area contributed by atoms with Gasteiger partial charge < -0.3 is 10.6 Å². The number of nitrogens with one attached hydrogen (secondary N) is 2. The Labute approximate surface area is 180 Å². The van der Waals surface area contributed by atoms with Gasteiger partial charge in [0.25, 0.3) is 0 Å². The Kier molecular flexibility index (Phi) is 6.05. The lowest BCUT2D eigenvalue weighted by atomic mass is 9.85. The fourth-order valence-electron chi connectivity index (χ4n) is 4.98. The molecule has 0 bridgehead atoms. The molecule has 2 amide bonds. The van der Waals surface area contributed by atoms with Crippen molar-refractivity contribution in [2.24, 2.45) is 0 Å². The summed E-state index contributed by atoms with van der Waals surface area (Å²) in [6.45, 7) is 2.16. The van der Waals surface area contributed by atoms with Crippen LogP contribution in [0.15, 0.2) is 48.5 Å². The lowest BCUT2D eigenvalue weighted by molar-refractivity contribution is -0.123. The van der Waals surface area contributed by atoms with E-state index in [1.807, 2.05) is 6.92 Å². The van der Waals surface area contributed by atoms with Crippen molar-refractivity contribution in [2.45, 2.75) is 56.7 Å². The summed E-state index contributed by atoms with van der Waals surface area (Å²) in [6, 6.07) is 11.8. The maximum Gasteiger partial charge on any atom is 0.238 e. The number of fused-ring (bicyclic) bond motifs is 1. The molecule has 0 saturated carbocycles. The maximum atomic E-state index is 13.5. The molecule has 2 saturated heterocycles. The molecular formula is C24H27F2N3O2. The van der Waals surface area contributed by atoms with E-state index < -0.39 is 5.54 Å². The second-order valence-corrected chi connectivity index (χ2v) is 8.73. The van der Waals surface area contributed by atoms with Gasteiger partial charge in [-0.15, -0.1) is 0 Å². The Bertz CT molecular complexity index is 948. The SMILES string of the molecule is C[C@]12C[C@@H](c3ccc(F)cc3)N(CC(=O)Nc3ccc(F)cc3)[C@H]1CCCCC(=O)N2. The molecular weight excluding hydrogens is 400 g/mol. The van der Waals surface area contributed by atoms with Gasteiger partial charge in [0.15, 0.2) is 0 Å². The molecule has 5 nitrogen and oxygen atoms in total. The van der Waals surface area contributed by atoms with Gasteiger partial charge in [0.05, 0.1) is 12.1 Å². The second-order valence-electron chi connectivity index (χ2n) is 8.73. The van der Waals surface area contributed by atoms with Crippen molar-refractivity contribution in [2.75, 3.05) is 11.9 Å². The fourth-order valence-corrected chi connectivity index (χ4v) is 4.98. The first-order valence-corrected chi connectivity index (χ1v) is 10.7. The molecule has 0 aromatic heterocycles. The number of amides is 2. The largest absolute Gasteiger partial charge is 0.349 e. The third-order valence-electron chi connectivity index (χ3n) is 6.42. The number of likely N-dealkylation sites (tertiary alicyclic amines) is 1. The minimum atomic E-state index is -0.479. The van der Waals surface area contributed by atoms with Gasteiger partial charge in [-0.3, -0.25) is 14.5 Å². The van der Waals surface area contributed by atoms with Gasteiger partial charge in [0.1, 0.15) is 11.6 Å². The number of benzene rings is 2. The van der Waals surface area contributed by atoms with Crippen LogP contribution in [0.4, 0.5) is 14.5 Å². The van der Waals surface area contributed by atoms with Crippen LogP contribution in [0.25, 0.3) is 0 Å². The maximum absolute atomic E-state index is 13.5. The number of rotatable bonds is 4. The molecule has 0 unspecified atom stereocenters. The van der Waals surface area contributed by atoms with Crippen molar-refractivity contribution in [1.29, 1.82) is 0 Å². The topological polar surface area (TPSA) is 61.4 Å². The molecule has 3 atom stereocenters. The van der Waals surface area contributed by atoms with Gasteiger partial charge in [-0.1, -0.05) is 18.6 Å². The van der Waals surface area contributed by atoms with E-state index in [0.29, 0.717) is 18.5 Å². The van der Waals surface area contributed by atoms with Gasteiger partial charge in [-0.2, -0.15) is 0 Å². The zero-order valence-electron chi connectivity index (χ0n) is 17.5. The van der Waals surface area contributed by atoms with Crippen LogP contribution < -0.4 is 10.6 Å². The van der Waals surface area contributed by atoms with E-state index in [2.05, 4.69) is 15.5 Å². The number of carbonyl (C=O) groups is 2. The number of hydrogen-bond donors (Lipinski definition) is 2. The zero-order chi connectivity index (χ0) is 22.0. The predicted molar refractivity (Wildman–Crippen MR) is 114 cm³/mol. The molecule has 2 aromatic rings. The Balaban J connectivity index is 1.61. The van der Waals surface area contributed by atoms with Gasteiger partial charge in [0, 0.05) is 24.2 Å². The summed E-state index contributed by atoms with van der Waals surface area (Å²) >= 11 is 0. The first-order chi connectivity index (χ1) is 14.8. The molecule has 0 spiro atoms. The average molecular weight is 427 g/mol. The number of halogens is 2. The molecule has 2 aliphatic rings. The highest BCUT2D eigenvalue weighted by Crippen LogP contribution is 2.44. The van der Waals surface area contributed by atoms with Gasteiger partial charge in [-0.05, 0) is 68.1 Å². The monoisotopic (exact) mass is 427 g/mol.